The SMILES string of the molecule is COc1ccc(-n2c(C)cc(C(=O)CSc3nncs3)c2C)cc1. The summed E-state index contributed by atoms with van der Waals surface area (Å²) >= 11 is 2.87. The second-order valence-corrected chi connectivity index (χ2v) is 7.29. The lowest BCUT2D eigenvalue weighted by molar-refractivity contribution is 0.102. The Balaban J connectivity index is 1.83. The van der Waals surface area contributed by atoms with Gasteiger partial charge >= 0.3 is 0 Å². The number of carbonyl (C=O) groups is 1. The van der Waals surface area contributed by atoms with Crippen molar-refractivity contribution in [1.29, 1.82) is 0 Å². The van der Waals surface area contributed by atoms with Crippen molar-refractivity contribution in [2.24, 2.45) is 0 Å². The van der Waals surface area contributed by atoms with Gasteiger partial charge in [-0.2, -0.15) is 0 Å². The molecule has 0 saturated carbocycles. The highest BCUT2D eigenvalue weighted by molar-refractivity contribution is 8.01. The van der Waals surface area contributed by atoms with Crippen LogP contribution in [0.5, 0.6) is 5.75 Å². The second-order valence-electron chi connectivity index (χ2n) is 5.23. The molecule has 0 aliphatic heterocycles. The van der Waals surface area contributed by atoms with Gasteiger partial charge in [0.15, 0.2) is 10.1 Å². The Kier molecular flexibility index (Phi) is 5.01. The molecule has 7 heteroatoms. The molecule has 0 aliphatic carbocycles. The van der Waals surface area contributed by atoms with Crippen LogP contribution in [0.3, 0.4) is 0 Å². The Morgan fingerprint density at radius 2 is 2.04 bits per heavy atom. The maximum atomic E-state index is 12.6. The highest BCUT2D eigenvalue weighted by Crippen LogP contribution is 2.25. The van der Waals surface area contributed by atoms with Crippen molar-refractivity contribution < 1.29 is 9.53 Å². The minimum atomic E-state index is 0.100. The Bertz CT molecular complexity index is 840. The average molecular weight is 359 g/mol. The van der Waals surface area contributed by atoms with Crippen LogP contribution >= 0.6 is 23.1 Å². The van der Waals surface area contributed by atoms with Crippen LogP contribution < -0.4 is 4.74 Å². The molecule has 5 nitrogen and oxygen atoms in total. The largest absolute Gasteiger partial charge is 0.497 e. The van der Waals surface area contributed by atoms with Gasteiger partial charge in [-0.15, -0.1) is 10.2 Å². The fraction of sp³-hybridized carbons (Fsp3) is 0.235. The summed E-state index contributed by atoms with van der Waals surface area (Å²) in [7, 11) is 1.65. The van der Waals surface area contributed by atoms with Crippen LogP contribution in [0.15, 0.2) is 40.2 Å². The number of rotatable bonds is 6. The fourth-order valence-corrected chi connectivity index (χ4v) is 3.98. The Hall–Kier alpha value is -2.12. The van der Waals surface area contributed by atoms with Crippen LogP contribution in [0.4, 0.5) is 0 Å². The second kappa shape index (κ2) is 7.19. The molecule has 124 valence electrons. The van der Waals surface area contributed by atoms with E-state index in [9.17, 15) is 4.79 Å². The van der Waals surface area contributed by atoms with E-state index in [1.54, 1.807) is 12.6 Å². The summed E-state index contributed by atoms with van der Waals surface area (Å²) in [6.07, 6.45) is 0. The van der Waals surface area contributed by atoms with Crippen LogP contribution in [0.1, 0.15) is 21.7 Å². The van der Waals surface area contributed by atoms with Gasteiger partial charge in [-0.05, 0) is 44.2 Å². The summed E-state index contributed by atoms with van der Waals surface area (Å²) in [5, 5.41) is 7.74. The van der Waals surface area contributed by atoms with Gasteiger partial charge in [0.2, 0.25) is 0 Å². The van der Waals surface area contributed by atoms with E-state index >= 15 is 0 Å². The standard InChI is InChI=1S/C17H17N3O2S2/c1-11-8-15(16(21)9-23-17-19-18-10-24-17)12(2)20(11)13-4-6-14(22-3)7-5-13/h4-8,10H,9H2,1-3H3. The number of aromatic nitrogens is 3. The van der Waals surface area contributed by atoms with Gasteiger partial charge in [-0.1, -0.05) is 23.1 Å². The summed E-state index contributed by atoms with van der Waals surface area (Å²) in [5.41, 5.74) is 5.41. The van der Waals surface area contributed by atoms with Crippen molar-refractivity contribution >= 4 is 28.9 Å². The number of hydrogen-bond donors (Lipinski definition) is 0. The highest BCUT2D eigenvalue weighted by atomic mass is 32.2. The number of Topliss-reactive ketones (excluding diaryl/α,β-unsaturated/α-hetero) is 1. The molecule has 1 aromatic carbocycles. The van der Waals surface area contributed by atoms with E-state index in [0.717, 1.165) is 32.7 Å². The van der Waals surface area contributed by atoms with Crippen molar-refractivity contribution in [3.63, 3.8) is 0 Å². The van der Waals surface area contributed by atoms with Crippen LogP contribution in [0, 0.1) is 13.8 Å². The molecule has 0 amide bonds. The topological polar surface area (TPSA) is 57.0 Å². The number of thioether (sulfide) groups is 1. The van der Waals surface area contributed by atoms with Crippen LogP contribution in [0.25, 0.3) is 5.69 Å². The van der Waals surface area contributed by atoms with E-state index in [-0.39, 0.29) is 5.78 Å². The van der Waals surface area contributed by atoms with Gasteiger partial charge in [-0.3, -0.25) is 4.79 Å². The first kappa shape index (κ1) is 16.7. The maximum absolute atomic E-state index is 12.6. The zero-order chi connectivity index (χ0) is 17.1. The fourth-order valence-electron chi connectivity index (χ4n) is 2.60. The zero-order valence-corrected chi connectivity index (χ0v) is 15.3. The van der Waals surface area contributed by atoms with Crippen LogP contribution in [-0.4, -0.2) is 33.4 Å². The summed E-state index contributed by atoms with van der Waals surface area (Å²) in [6.45, 7) is 3.98. The molecule has 24 heavy (non-hydrogen) atoms. The van der Waals surface area contributed by atoms with Crippen LogP contribution in [0.2, 0.25) is 0 Å². The number of nitrogens with zero attached hydrogens (tertiary/aromatic N) is 3. The lowest BCUT2D eigenvalue weighted by Gasteiger charge is -2.10. The molecule has 0 radical (unpaired) electrons. The molecule has 0 unspecified atom stereocenters. The quantitative estimate of drug-likeness (QED) is 0.493. The number of methoxy groups -OCH3 is 1. The molecule has 3 aromatic rings. The molecule has 2 heterocycles. The van der Waals surface area contributed by atoms with E-state index in [1.165, 1.54) is 23.1 Å². The number of benzene rings is 1. The zero-order valence-electron chi connectivity index (χ0n) is 13.6. The first-order valence-electron chi connectivity index (χ1n) is 7.35. The molecular formula is C17H17N3O2S2. The summed E-state index contributed by atoms with van der Waals surface area (Å²) in [4.78, 5) is 12.6. The van der Waals surface area contributed by atoms with Crippen molar-refractivity contribution in [3.8, 4) is 11.4 Å². The monoisotopic (exact) mass is 359 g/mol. The summed E-state index contributed by atoms with van der Waals surface area (Å²) < 4.78 is 8.10. The molecule has 3 rings (SSSR count). The van der Waals surface area contributed by atoms with Crippen molar-refractivity contribution in [1.82, 2.24) is 14.8 Å². The molecular weight excluding hydrogens is 342 g/mol. The number of aryl methyl sites for hydroxylation is 1. The van der Waals surface area contributed by atoms with E-state index < -0.39 is 0 Å². The lowest BCUT2D eigenvalue weighted by Crippen LogP contribution is -2.05. The molecule has 0 aliphatic rings. The van der Waals surface area contributed by atoms with Gasteiger partial charge in [0.1, 0.15) is 11.3 Å². The summed E-state index contributed by atoms with van der Waals surface area (Å²) in [5.74, 6) is 1.27. The number of hydrogen-bond acceptors (Lipinski definition) is 6. The minimum Gasteiger partial charge on any atom is -0.497 e. The third-order valence-corrected chi connectivity index (χ3v) is 5.59. The number of ether oxygens (including phenoxy) is 1. The number of ketones is 1. The van der Waals surface area contributed by atoms with E-state index in [2.05, 4.69) is 14.8 Å². The molecule has 0 saturated heterocycles. The Morgan fingerprint density at radius 1 is 1.29 bits per heavy atom. The maximum Gasteiger partial charge on any atom is 0.174 e. The van der Waals surface area contributed by atoms with Crippen molar-refractivity contribution in [3.05, 3.63) is 52.8 Å². The van der Waals surface area contributed by atoms with Gasteiger partial charge in [-0.25, -0.2) is 0 Å². The van der Waals surface area contributed by atoms with E-state index in [4.69, 9.17) is 4.74 Å². The summed E-state index contributed by atoms with van der Waals surface area (Å²) in [6, 6.07) is 9.76. The minimum absolute atomic E-state index is 0.100. The first-order valence-corrected chi connectivity index (χ1v) is 9.22. The first-order chi connectivity index (χ1) is 11.6. The smallest absolute Gasteiger partial charge is 0.174 e. The molecule has 0 atom stereocenters. The molecule has 0 bridgehead atoms. The predicted molar refractivity (Wildman–Crippen MR) is 96.8 cm³/mol. The molecule has 0 N–H and O–H groups in total. The normalized spacial score (nSPS) is 10.8. The number of carbonyl (C=O) groups excluding carboxylic acids is 1. The van der Waals surface area contributed by atoms with E-state index in [1.807, 2.05) is 44.2 Å². The average Bonchev–Trinajstić information content (AvgIpc) is 3.21. The third kappa shape index (κ3) is 3.37. The van der Waals surface area contributed by atoms with Gasteiger partial charge in [0.05, 0.1) is 12.9 Å². The predicted octanol–water partition coefficient (Wildman–Crippen LogP) is 3.93. The third-order valence-electron chi connectivity index (χ3n) is 3.73. The highest BCUT2D eigenvalue weighted by Gasteiger charge is 2.17. The van der Waals surface area contributed by atoms with Gasteiger partial charge in [0, 0.05) is 22.6 Å². The van der Waals surface area contributed by atoms with E-state index in [0.29, 0.717) is 5.75 Å². The van der Waals surface area contributed by atoms with Gasteiger partial charge in [0.25, 0.3) is 0 Å². The van der Waals surface area contributed by atoms with Crippen LogP contribution in [-0.2, 0) is 0 Å². The van der Waals surface area contributed by atoms with Crippen molar-refractivity contribution in [2.45, 2.75) is 18.2 Å². The molecule has 2 aromatic heterocycles. The van der Waals surface area contributed by atoms with Gasteiger partial charge < -0.3 is 9.30 Å². The molecule has 0 fully saturated rings. The lowest BCUT2D eigenvalue weighted by atomic mass is 10.2. The molecule has 0 spiro atoms. The Labute approximate surface area is 148 Å². The Morgan fingerprint density at radius 3 is 2.67 bits per heavy atom. The van der Waals surface area contributed by atoms with Crippen molar-refractivity contribution in [2.75, 3.05) is 12.9 Å².